The molecule has 4 amide bonds. The van der Waals surface area contributed by atoms with Crippen LogP contribution in [0, 0.1) is 11.7 Å². The molecule has 8 nitrogen and oxygen atoms in total. The highest BCUT2D eigenvalue weighted by Crippen LogP contribution is 2.39. The van der Waals surface area contributed by atoms with E-state index < -0.39 is 71.4 Å². The number of anilines is 1. The van der Waals surface area contributed by atoms with Crippen LogP contribution in [0.1, 0.15) is 35.4 Å². The number of likely N-dealkylation sites (N-methyl/N-ethyl adjacent to an activating group) is 1. The molecule has 240 valence electrons. The highest BCUT2D eigenvalue weighted by Gasteiger charge is 2.43. The number of halogens is 7. The smallest absolute Gasteiger partial charge is 0.387 e. The van der Waals surface area contributed by atoms with E-state index >= 15 is 0 Å². The number of carbonyl (C=O) groups excluding carboxylic acids is 3. The van der Waals surface area contributed by atoms with Crippen molar-refractivity contribution in [3.05, 3.63) is 65.0 Å². The lowest BCUT2D eigenvalue weighted by Crippen LogP contribution is -2.48. The molecule has 2 heterocycles. The maximum Gasteiger partial charge on any atom is 0.416 e. The first-order valence-corrected chi connectivity index (χ1v) is 13.7. The van der Waals surface area contributed by atoms with Crippen LogP contribution in [-0.2, 0) is 21.9 Å². The molecule has 0 saturated carbocycles. The molecule has 1 N–H and O–H groups in total. The first-order valence-electron chi connectivity index (χ1n) is 13.7. The van der Waals surface area contributed by atoms with Gasteiger partial charge in [-0.2, -0.15) is 26.3 Å². The summed E-state index contributed by atoms with van der Waals surface area (Å²) in [5.74, 6) is -2.20. The minimum Gasteiger partial charge on any atom is -0.387 e. The molecule has 2 saturated heterocycles. The summed E-state index contributed by atoms with van der Waals surface area (Å²) in [6.45, 7) is 0.0266. The maximum absolute atomic E-state index is 13.7. The SMILES string of the molecule is CN(C(=O)N(C)C1CN(C(=O)C2CCN(C(=O)CO)CC2)CC1c1ccc(F)cc1)c1cc(C(F)(F)F)cc(C(F)(F)F)c1. The first-order chi connectivity index (χ1) is 20.5. The summed E-state index contributed by atoms with van der Waals surface area (Å²) >= 11 is 0. The van der Waals surface area contributed by atoms with Gasteiger partial charge in [-0.25, -0.2) is 9.18 Å². The predicted octanol–water partition coefficient (Wildman–Crippen LogP) is 4.58. The average Bonchev–Trinajstić information content (AvgIpc) is 3.44. The van der Waals surface area contributed by atoms with E-state index in [1.165, 1.54) is 41.1 Å². The van der Waals surface area contributed by atoms with Gasteiger partial charge in [0.1, 0.15) is 12.4 Å². The molecule has 2 aliphatic heterocycles. The molecule has 0 spiro atoms. The Balaban J connectivity index is 1.59. The van der Waals surface area contributed by atoms with Crippen LogP contribution in [0.25, 0.3) is 0 Å². The zero-order valence-electron chi connectivity index (χ0n) is 23.8. The summed E-state index contributed by atoms with van der Waals surface area (Å²) in [5.41, 5.74) is -3.19. The van der Waals surface area contributed by atoms with Crippen LogP contribution in [0.5, 0.6) is 0 Å². The fourth-order valence-corrected chi connectivity index (χ4v) is 5.75. The minimum absolute atomic E-state index is 0.00311. The number of amides is 4. The molecule has 44 heavy (non-hydrogen) atoms. The third-order valence-electron chi connectivity index (χ3n) is 8.28. The summed E-state index contributed by atoms with van der Waals surface area (Å²) in [5, 5.41) is 9.10. The number of urea groups is 1. The molecule has 2 fully saturated rings. The van der Waals surface area contributed by atoms with E-state index in [4.69, 9.17) is 5.11 Å². The molecule has 2 aromatic rings. The normalized spacial score (nSPS) is 19.7. The number of aliphatic hydroxyl groups is 1. The molecule has 2 aromatic carbocycles. The van der Waals surface area contributed by atoms with E-state index in [-0.39, 0.29) is 38.2 Å². The van der Waals surface area contributed by atoms with Gasteiger partial charge in [-0.3, -0.25) is 14.5 Å². The average molecular weight is 633 g/mol. The van der Waals surface area contributed by atoms with Crippen LogP contribution in [0.15, 0.2) is 42.5 Å². The lowest BCUT2D eigenvalue weighted by Gasteiger charge is -2.34. The summed E-state index contributed by atoms with van der Waals surface area (Å²) in [6, 6.07) is 4.60. The Morgan fingerprint density at radius 3 is 1.91 bits per heavy atom. The van der Waals surface area contributed by atoms with Crippen LogP contribution in [-0.4, -0.2) is 90.6 Å². The Kier molecular flexibility index (Phi) is 9.47. The quantitative estimate of drug-likeness (QED) is 0.490. The van der Waals surface area contributed by atoms with Crippen molar-refractivity contribution in [2.45, 2.75) is 37.2 Å². The second-order valence-corrected chi connectivity index (χ2v) is 11.0. The Labute approximate surface area is 248 Å². The first kappa shape index (κ1) is 33.0. The fraction of sp³-hybridized carbons (Fsp3) is 0.483. The molecule has 4 rings (SSSR count). The van der Waals surface area contributed by atoms with Crippen molar-refractivity contribution in [1.82, 2.24) is 14.7 Å². The van der Waals surface area contributed by atoms with E-state index in [2.05, 4.69) is 0 Å². The van der Waals surface area contributed by atoms with E-state index in [9.17, 15) is 45.1 Å². The number of nitrogens with zero attached hydrogens (tertiary/aromatic N) is 4. The highest BCUT2D eigenvalue weighted by atomic mass is 19.4. The van der Waals surface area contributed by atoms with Crippen molar-refractivity contribution >= 4 is 23.5 Å². The largest absolute Gasteiger partial charge is 0.416 e. The third-order valence-corrected chi connectivity index (χ3v) is 8.28. The summed E-state index contributed by atoms with van der Waals surface area (Å²) in [7, 11) is 2.39. The second kappa shape index (κ2) is 12.6. The third kappa shape index (κ3) is 7.08. The van der Waals surface area contributed by atoms with Crippen LogP contribution < -0.4 is 4.90 Å². The van der Waals surface area contributed by atoms with E-state index in [1.807, 2.05) is 0 Å². The van der Waals surface area contributed by atoms with Crippen LogP contribution in [0.4, 0.5) is 41.2 Å². The molecule has 2 aliphatic rings. The van der Waals surface area contributed by atoms with Gasteiger partial charge in [0.15, 0.2) is 0 Å². The lowest BCUT2D eigenvalue weighted by atomic mass is 9.93. The standard InChI is InChI=1S/C29H31F7N4O4/c1-37(22-12-19(28(31,32)33)11-20(13-22)29(34,35)36)27(44)38(2)24-15-40(14-23(24)17-3-5-21(30)6-4-17)26(43)18-7-9-39(10-8-18)25(42)16-41/h3-6,11-13,18,23-24,41H,7-10,14-16H2,1-2H3. The summed E-state index contributed by atoms with van der Waals surface area (Å²) < 4.78 is 94.4. The van der Waals surface area contributed by atoms with Gasteiger partial charge >= 0.3 is 18.4 Å². The maximum atomic E-state index is 13.7. The van der Waals surface area contributed by atoms with Crippen molar-refractivity contribution in [3.8, 4) is 0 Å². The van der Waals surface area contributed by atoms with E-state index in [0.29, 0.717) is 35.4 Å². The molecule has 0 bridgehead atoms. The number of hydrogen-bond acceptors (Lipinski definition) is 4. The topological polar surface area (TPSA) is 84.4 Å². The number of hydrogen-bond donors (Lipinski definition) is 1. The number of alkyl halides is 6. The van der Waals surface area contributed by atoms with Crippen molar-refractivity contribution in [2.24, 2.45) is 5.92 Å². The van der Waals surface area contributed by atoms with Gasteiger partial charge in [0.05, 0.1) is 17.2 Å². The van der Waals surface area contributed by atoms with E-state index in [1.54, 1.807) is 0 Å². The Hall–Kier alpha value is -3.88. The number of piperidine rings is 1. The predicted molar refractivity (Wildman–Crippen MR) is 144 cm³/mol. The summed E-state index contributed by atoms with van der Waals surface area (Å²) in [4.78, 5) is 43.7. The van der Waals surface area contributed by atoms with Crippen molar-refractivity contribution in [3.63, 3.8) is 0 Å². The van der Waals surface area contributed by atoms with E-state index in [0.717, 1.165) is 11.9 Å². The van der Waals surface area contributed by atoms with Gasteiger partial charge in [-0.15, -0.1) is 0 Å². The minimum atomic E-state index is -5.10. The van der Waals surface area contributed by atoms with Gasteiger partial charge in [0.2, 0.25) is 11.8 Å². The molecule has 0 aromatic heterocycles. The molecule has 2 atom stereocenters. The van der Waals surface area contributed by atoms with Gasteiger partial charge < -0.3 is 19.8 Å². The van der Waals surface area contributed by atoms with Crippen molar-refractivity contribution in [1.29, 1.82) is 0 Å². The van der Waals surface area contributed by atoms with Crippen molar-refractivity contribution in [2.75, 3.05) is 51.8 Å². The summed E-state index contributed by atoms with van der Waals surface area (Å²) in [6.07, 6.45) is -9.51. The van der Waals surface area contributed by atoms with Gasteiger partial charge in [-0.05, 0) is 48.7 Å². The van der Waals surface area contributed by atoms with Gasteiger partial charge in [0.25, 0.3) is 0 Å². The fourth-order valence-electron chi connectivity index (χ4n) is 5.75. The zero-order chi connectivity index (χ0) is 32.6. The monoisotopic (exact) mass is 632 g/mol. The Bertz CT molecular complexity index is 1340. The number of rotatable bonds is 5. The number of carbonyl (C=O) groups is 3. The molecular weight excluding hydrogens is 601 g/mol. The Morgan fingerprint density at radius 1 is 0.864 bits per heavy atom. The van der Waals surface area contributed by atoms with Crippen molar-refractivity contribution < 1.29 is 50.2 Å². The van der Waals surface area contributed by atoms with Crippen LogP contribution in [0.3, 0.4) is 0 Å². The number of benzene rings is 2. The van der Waals surface area contributed by atoms with Gasteiger partial charge in [-0.1, -0.05) is 12.1 Å². The highest BCUT2D eigenvalue weighted by molar-refractivity contribution is 5.92. The number of aliphatic hydroxyl groups excluding tert-OH is 1. The zero-order valence-corrected chi connectivity index (χ0v) is 23.8. The molecule has 0 radical (unpaired) electrons. The lowest BCUT2D eigenvalue weighted by molar-refractivity contribution is -0.143. The molecule has 0 aliphatic carbocycles. The van der Waals surface area contributed by atoms with Crippen LogP contribution >= 0.6 is 0 Å². The molecular formula is C29H31F7N4O4. The van der Waals surface area contributed by atoms with Crippen LogP contribution in [0.2, 0.25) is 0 Å². The van der Waals surface area contributed by atoms with Gasteiger partial charge in [0, 0.05) is 57.8 Å². The number of likely N-dealkylation sites (tertiary alicyclic amines) is 2. The second-order valence-electron chi connectivity index (χ2n) is 11.0. The Morgan fingerprint density at radius 2 is 1.41 bits per heavy atom. The molecule has 2 unspecified atom stereocenters. The molecule has 15 heteroatoms.